The van der Waals surface area contributed by atoms with Crippen LogP contribution >= 0.6 is 11.8 Å². The van der Waals surface area contributed by atoms with E-state index in [1.54, 1.807) is 28.8 Å². The van der Waals surface area contributed by atoms with Gasteiger partial charge in [-0.1, -0.05) is 42.1 Å². The van der Waals surface area contributed by atoms with Crippen molar-refractivity contribution in [2.24, 2.45) is 0 Å². The predicted molar refractivity (Wildman–Crippen MR) is 145 cm³/mol. The second-order valence-electron chi connectivity index (χ2n) is 9.17. The maximum absolute atomic E-state index is 13.7. The highest BCUT2D eigenvalue weighted by atomic mass is 32.2. The third-order valence-corrected chi connectivity index (χ3v) is 9.11. The number of hydrogen-bond acceptors (Lipinski definition) is 6. The smallest absolute Gasteiger partial charge is 0.242 e. The quantitative estimate of drug-likeness (QED) is 0.317. The number of aromatic nitrogens is 3. The minimum absolute atomic E-state index is 0.0485. The topological polar surface area (TPSA) is 88.4 Å². The van der Waals surface area contributed by atoms with Crippen LogP contribution in [-0.4, -0.2) is 59.3 Å². The van der Waals surface area contributed by atoms with E-state index in [1.165, 1.54) is 50.1 Å². The van der Waals surface area contributed by atoms with Crippen LogP contribution in [0.4, 0.5) is 10.1 Å². The number of hydrogen-bond donors (Lipinski definition) is 0. The van der Waals surface area contributed by atoms with E-state index >= 15 is 0 Å². The number of benzene rings is 3. The lowest BCUT2D eigenvalue weighted by Crippen LogP contribution is -2.37. The van der Waals surface area contributed by atoms with Crippen LogP contribution in [0.2, 0.25) is 0 Å². The Kier molecular flexibility index (Phi) is 7.08. The molecular weight excluding hydrogens is 525 g/mol. The number of sulfonamides is 1. The molecule has 3 aromatic carbocycles. The van der Waals surface area contributed by atoms with Gasteiger partial charge in [0.1, 0.15) is 5.82 Å². The Balaban J connectivity index is 1.50. The highest BCUT2D eigenvalue weighted by molar-refractivity contribution is 7.99. The van der Waals surface area contributed by atoms with Gasteiger partial charge in [-0.25, -0.2) is 17.1 Å². The van der Waals surface area contributed by atoms with Crippen molar-refractivity contribution < 1.29 is 17.6 Å². The Morgan fingerprint density at radius 1 is 1.05 bits per heavy atom. The Morgan fingerprint density at radius 2 is 1.79 bits per heavy atom. The number of amides is 1. The predicted octanol–water partition coefficient (Wildman–Crippen LogP) is 4.39. The van der Waals surface area contributed by atoms with Crippen molar-refractivity contribution in [3.8, 4) is 17.1 Å². The summed E-state index contributed by atoms with van der Waals surface area (Å²) in [5, 5.41) is 9.11. The minimum atomic E-state index is -3.67. The molecular formula is C27H26FN5O3S2. The van der Waals surface area contributed by atoms with Gasteiger partial charge in [-0.2, -0.15) is 0 Å². The van der Waals surface area contributed by atoms with Crippen molar-refractivity contribution in [1.82, 2.24) is 19.1 Å². The van der Waals surface area contributed by atoms with E-state index in [0.717, 1.165) is 22.0 Å². The molecule has 1 aliphatic heterocycles. The normalized spacial score (nSPS) is 15.2. The highest BCUT2D eigenvalue weighted by Gasteiger charge is 2.31. The monoisotopic (exact) mass is 551 g/mol. The molecule has 0 saturated carbocycles. The van der Waals surface area contributed by atoms with Crippen molar-refractivity contribution in [3.05, 3.63) is 84.2 Å². The van der Waals surface area contributed by atoms with E-state index in [-0.39, 0.29) is 22.6 Å². The summed E-state index contributed by atoms with van der Waals surface area (Å²) in [7, 11) is -0.740. The van der Waals surface area contributed by atoms with Crippen LogP contribution in [0.25, 0.3) is 17.1 Å². The molecule has 0 bridgehead atoms. The zero-order valence-corrected chi connectivity index (χ0v) is 22.7. The summed E-state index contributed by atoms with van der Waals surface area (Å²) in [4.78, 5) is 15.2. The summed E-state index contributed by atoms with van der Waals surface area (Å²) < 4.78 is 42.0. The molecule has 0 N–H and O–H groups in total. The number of rotatable bonds is 7. The van der Waals surface area contributed by atoms with Crippen LogP contribution < -0.4 is 4.90 Å². The van der Waals surface area contributed by atoms with Gasteiger partial charge in [0, 0.05) is 37.1 Å². The molecule has 4 aromatic rings. The largest absolute Gasteiger partial charge is 0.308 e. The number of anilines is 1. The Hall–Kier alpha value is -3.54. The first kappa shape index (κ1) is 26.1. The molecule has 1 amide bonds. The summed E-state index contributed by atoms with van der Waals surface area (Å²) in [6.07, 6.45) is 0.800. The molecule has 0 aliphatic carbocycles. The average Bonchev–Trinajstić information content (AvgIpc) is 3.48. The van der Waals surface area contributed by atoms with Gasteiger partial charge in [-0.3, -0.25) is 9.36 Å². The number of nitrogens with zero attached hydrogens (tertiary/aromatic N) is 5. The standard InChI is InChI=1S/C27H26FN5O3S2/c1-18-15-19-7-4-5-10-24(19)32(18)25(34)17-37-27-30-29-26(33(27)22-13-11-21(28)12-14-22)20-8-6-9-23(16-20)38(35,36)31(2)3/h4-14,16,18H,15,17H2,1-3H3/t18-/m0/s1. The lowest BCUT2D eigenvalue weighted by molar-refractivity contribution is -0.116. The third kappa shape index (κ3) is 4.84. The van der Waals surface area contributed by atoms with E-state index in [2.05, 4.69) is 10.2 Å². The maximum Gasteiger partial charge on any atom is 0.242 e. The van der Waals surface area contributed by atoms with Crippen molar-refractivity contribution in [1.29, 1.82) is 0 Å². The van der Waals surface area contributed by atoms with Gasteiger partial charge in [0.15, 0.2) is 11.0 Å². The second-order valence-corrected chi connectivity index (χ2v) is 12.3. The molecule has 2 heterocycles. The first-order valence-corrected chi connectivity index (χ1v) is 14.4. The number of para-hydroxylation sites is 1. The molecule has 0 saturated heterocycles. The molecule has 0 spiro atoms. The lowest BCUT2D eigenvalue weighted by atomic mass is 10.1. The van der Waals surface area contributed by atoms with E-state index < -0.39 is 15.8 Å². The van der Waals surface area contributed by atoms with Gasteiger partial charge in [0.25, 0.3) is 0 Å². The molecule has 5 rings (SSSR count). The minimum Gasteiger partial charge on any atom is -0.308 e. The first-order valence-electron chi connectivity index (χ1n) is 11.9. The van der Waals surface area contributed by atoms with Crippen LogP contribution in [0.3, 0.4) is 0 Å². The van der Waals surface area contributed by atoms with E-state index in [0.29, 0.717) is 22.2 Å². The Bertz CT molecular complexity index is 1600. The molecule has 1 aliphatic rings. The first-order chi connectivity index (χ1) is 18.2. The fourth-order valence-electron chi connectivity index (χ4n) is 4.52. The summed E-state index contributed by atoms with van der Waals surface area (Å²) >= 11 is 1.23. The van der Waals surface area contributed by atoms with Crippen LogP contribution in [0.1, 0.15) is 12.5 Å². The molecule has 196 valence electrons. The number of fused-ring (bicyclic) bond motifs is 1. The second kappa shape index (κ2) is 10.3. The van der Waals surface area contributed by atoms with Gasteiger partial charge >= 0.3 is 0 Å². The van der Waals surface area contributed by atoms with E-state index in [9.17, 15) is 17.6 Å². The number of carbonyl (C=O) groups is 1. The van der Waals surface area contributed by atoms with Gasteiger partial charge < -0.3 is 4.90 Å². The number of carbonyl (C=O) groups excluding carboxylic acids is 1. The molecule has 0 fully saturated rings. The van der Waals surface area contributed by atoms with Gasteiger partial charge in [-0.05, 0) is 61.4 Å². The summed E-state index contributed by atoms with van der Waals surface area (Å²) in [6.45, 7) is 2.02. The SMILES string of the molecule is C[C@H]1Cc2ccccc2N1C(=O)CSc1nnc(-c2cccc(S(=O)(=O)N(C)C)c2)n1-c1ccc(F)cc1. The number of halogens is 1. The van der Waals surface area contributed by atoms with Crippen LogP contribution in [0.15, 0.2) is 82.8 Å². The molecule has 0 radical (unpaired) electrons. The fourth-order valence-corrected chi connectivity index (χ4v) is 6.28. The maximum atomic E-state index is 13.7. The molecule has 1 atom stereocenters. The number of thioether (sulfide) groups is 1. The van der Waals surface area contributed by atoms with Crippen LogP contribution in [-0.2, 0) is 21.2 Å². The third-order valence-electron chi connectivity index (χ3n) is 6.39. The van der Waals surface area contributed by atoms with Gasteiger partial charge in [-0.15, -0.1) is 10.2 Å². The van der Waals surface area contributed by atoms with Gasteiger partial charge in [0.2, 0.25) is 15.9 Å². The van der Waals surface area contributed by atoms with E-state index in [4.69, 9.17) is 0 Å². The Morgan fingerprint density at radius 3 is 2.53 bits per heavy atom. The summed E-state index contributed by atoms with van der Waals surface area (Å²) in [5.41, 5.74) is 3.17. The van der Waals surface area contributed by atoms with Gasteiger partial charge in [0.05, 0.1) is 10.6 Å². The van der Waals surface area contributed by atoms with Crippen LogP contribution in [0, 0.1) is 5.82 Å². The highest BCUT2D eigenvalue weighted by Crippen LogP contribution is 2.34. The molecule has 11 heteroatoms. The zero-order valence-electron chi connectivity index (χ0n) is 21.1. The molecule has 0 unspecified atom stereocenters. The zero-order chi connectivity index (χ0) is 27.0. The van der Waals surface area contributed by atoms with Crippen molar-refractivity contribution in [2.45, 2.75) is 29.4 Å². The average molecular weight is 552 g/mol. The Labute approximate surface area is 225 Å². The lowest BCUT2D eigenvalue weighted by Gasteiger charge is -2.22. The van der Waals surface area contributed by atoms with Crippen LogP contribution in [0.5, 0.6) is 0 Å². The van der Waals surface area contributed by atoms with Crippen molar-refractivity contribution >= 4 is 33.4 Å². The molecule has 38 heavy (non-hydrogen) atoms. The summed E-state index contributed by atoms with van der Waals surface area (Å²) in [6, 6.07) is 20.2. The van der Waals surface area contributed by atoms with Crippen molar-refractivity contribution in [3.63, 3.8) is 0 Å². The van der Waals surface area contributed by atoms with E-state index in [1.807, 2.05) is 36.1 Å². The fraction of sp³-hybridized carbons (Fsp3) is 0.222. The molecule has 1 aromatic heterocycles. The molecule has 8 nitrogen and oxygen atoms in total. The summed E-state index contributed by atoms with van der Waals surface area (Å²) in [5.74, 6) is 0.0463. The van der Waals surface area contributed by atoms with Crippen molar-refractivity contribution in [2.75, 3.05) is 24.7 Å².